The highest BCUT2D eigenvalue weighted by atomic mass is 35.5. The van der Waals surface area contributed by atoms with Crippen molar-refractivity contribution in [1.82, 2.24) is 9.29 Å². The molecule has 1 atom stereocenters. The molecule has 6 nitrogen and oxygen atoms in total. The highest BCUT2D eigenvalue weighted by Gasteiger charge is 2.34. The maximum atomic E-state index is 12.7. The number of piperidine rings is 1. The second kappa shape index (κ2) is 9.15. The summed E-state index contributed by atoms with van der Waals surface area (Å²) >= 11 is 8.83. The molecule has 10 heteroatoms. The predicted octanol–water partition coefficient (Wildman–Crippen LogP) is 4.67. The third-order valence-corrected chi connectivity index (χ3v) is 9.32. The largest absolute Gasteiger partial charge is 0.459 e. The van der Waals surface area contributed by atoms with Crippen molar-refractivity contribution >= 4 is 50.3 Å². The van der Waals surface area contributed by atoms with Gasteiger partial charge < -0.3 is 4.74 Å². The van der Waals surface area contributed by atoms with Crippen LogP contribution in [0, 0.1) is 5.92 Å². The zero-order valence-electron chi connectivity index (χ0n) is 15.9. The van der Waals surface area contributed by atoms with Crippen LogP contribution in [0.4, 0.5) is 0 Å². The zero-order chi connectivity index (χ0) is 21.1. The minimum atomic E-state index is -3.56. The molecule has 0 amide bonds. The summed E-state index contributed by atoms with van der Waals surface area (Å²) in [5, 5.41) is 4.94. The molecule has 2 aromatic heterocycles. The third-order valence-electron chi connectivity index (χ3n) is 4.83. The van der Waals surface area contributed by atoms with Crippen molar-refractivity contribution in [2.45, 2.75) is 23.7 Å². The van der Waals surface area contributed by atoms with E-state index < -0.39 is 21.9 Å². The Balaban J connectivity index is 1.37. The summed E-state index contributed by atoms with van der Waals surface area (Å²) < 4.78 is 32.6. The molecule has 1 aromatic carbocycles. The summed E-state index contributed by atoms with van der Waals surface area (Å²) in [6, 6.07) is 10.7. The lowest BCUT2D eigenvalue weighted by atomic mass is 10.00. The second-order valence-electron chi connectivity index (χ2n) is 6.87. The van der Waals surface area contributed by atoms with Crippen LogP contribution in [0.1, 0.15) is 18.5 Å². The number of carbonyl (C=O) groups excluding carboxylic acids is 1. The first-order valence-corrected chi connectivity index (χ1v) is 12.9. The molecule has 3 aromatic rings. The van der Waals surface area contributed by atoms with E-state index in [1.54, 1.807) is 23.6 Å². The molecular formula is C20H19ClN2O4S3. The summed E-state index contributed by atoms with van der Waals surface area (Å²) in [6.07, 6.45) is 1.23. The monoisotopic (exact) mass is 482 g/mol. The summed E-state index contributed by atoms with van der Waals surface area (Å²) in [5.41, 5.74) is 1.48. The molecule has 30 heavy (non-hydrogen) atoms. The molecule has 1 aliphatic rings. The Kier molecular flexibility index (Phi) is 6.54. The lowest BCUT2D eigenvalue weighted by Crippen LogP contribution is -2.42. The van der Waals surface area contributed by atoms with Crippen LogP contribution >= 0.6 is 34.3 Å². The van der Waals surface area contributed by atoms with E-state index in [2.05, 4.69) is 4.98 Å². The highest BCUT2D eigenvalue weighted by Crippen LogP contribution is 2.31. The van der Waals surface area contributed by atoms with Crippen molar-refractivity contribution in [3.8, 4) is 10.6 Å². The number of thiazole rings is 1. The molecule has 1 fully saturated rings. The van der Waals surface area contributed by atoms with Crippen LogP contribution < -0.4 is 0 Å². The van der Waals surface area contributed by atoms with Crippen LogP contribution in [0.2, 0.25) is 5.02 Å². The first-order chi connectivity index (χ1) is 14.4. The van der Waals surface area contributed by atoms with E-state index >= 15 is 0 Å². The number of carbonyl (C=O) groups is 1. The predicted molar refractivity (Wildman–Crippen MR) is 118 cm³/mol. The molecule has 0 aliphatic carbocycles. The van der Waals surface area contributed by atoms with Gasteiger partial charge in [0.25, 0.3) is 10.0 Å². The number of esters is 1. The quantitative estimate of drug-likeness (QED) is 0.477. The topological polar surface area (TPSA) is 76.6 Å². The number of benzene rings is 1. The van der Waals surface area contributed by atoms with Gasteiger partial charge in [0.15, 0.2) is 0 Å². The summed E-state index contributed by atoms with van der Waals surface area (Å²) in [4.78, 5) is 17.1. The van der Waals surface area contributed by atoms with Crippen molar-refractivity contribution in [3.05, 3.63) is 57.9 Å². The van der Waals surface area contributed by atoms with Gasteiger partial charge >= 0.3 is 5.97 Å². The van der Waals surface area contributed by atoms with Gasteiger partial charge in [0, 0.05) is 24.0 Å². The van der Waals surface area contributed by atoms with Crippen LogP contribution in [0.15, 0.2) is 51.4 Å². The summed E-state index contributed by atoms with van der Waals surface area (Å²) in [6.45, 7) is 0.603. The molecule has 1 aliphatic heterocycles. The van der Waals surface area contributed by atoms with Gasteiger partial charge in [-0.2, -0.15) is 4.31 Å². The molecule has 0 N–H and O–H groups in total. The van der Waals surface area contributed by atoms with Gasteiger partial charge in [-0.25, -0.2) is 13.4 Å². The SMILES string of the molecule is O=C(OCc1csc(-c2ccccc2Cl)n1)C1CCCN(S(=O)(=O)c2cccs2)C1. The maximum Gasteiger partial charge on any atom is 0.310 e. The van der Waals surface area contributed by atoms with Crippen molar-refractivity contribution in [2.75, 3.05) is 13.1 Å². The van der Waals surface area contributed by atoms with Crippen molar-refractivity contribution in [1.29, 1.82) is 0 Å². The number of rotatable bonds is 6. The number of hydrogen-bond donors (Lipinski definition) is 0. The van der Waals surface area contributed by atoms with Crippen LogP contribution in [0.3, 0.4) is 0 Å². The van der Waals surface area contributed by atoms with Gasteiger partial charge in [-0.05, 0) is 30.4 Å². The van der Waals surface area contributed by atoms with Crippen LogP contribution in [0.5, 0.6) is 0 Å². The highest BCUT2D eigenvalue weighted by molar-refractivity contribution is 7.91. The van der Waals surface area contributed by atoms with Crippen LogP contribution in [-0.2, 0) is 26.2 Å². The molecular weight excluding hydrogens is 464 g/mol. The third kappa shape index (κ3) is 4.60. The lowest BCUT2D eigenvalue weighted by Gasteiger charge is -2.30. The van der Waals surface area contributed by atoms with Gasteiger partial charge in [0.05, 0.1) is 16.6 Å². The molecule has 0 spiro atoms. The fraction of sp³-hybridized carbons (Fsp3) is 0.300. The Labute approximate surface area is 188 Å². The average molecular weight is 483 g/mol. The second-order valence-corrected chi connectivity index (χ2v) is 11.2. The smallest absolute Gasteiger partial charge is 0.310 e. The minimum absolute atomic E-state index is 0.0496. The fourth-order valence-electron chi connectivity index (χ4n) is 3.29. The van der Waals surface area contributed by atoms with E-state index in [1.165, 1.54) is 27.0 Å². The number of aromatic nitrogens is 1. The van der Waals surface area contributed by atoms with Crippen molar-refractivity contribution in [2.24, 2.45) is 5.92 Å². The number of halogens is 1. The molecule has 0 bridgehead atoms. The van der Waals surface area contributed by atoms with Gasteiger partial charge in [-0.15, -0.1) is 22.7 Å². The molecule has 0 radical (unpaired) electrons. The minimum Gasteiger partial charge on any atom is -0.459 e. The molecule has 4 rings (SSSR count). The standard InChI is InChI=1S/C20H19ClN2O4S3/c21-17-7-2-1-6-16(17)19-22-15(13-29-19)12-27-20(24)14-5-3-9-23(11-14)30(25,26)18-8-4-10-28-18/h1-2,4,6-8,10,13-14H,3,5,9,11-12H2. The molecule has 1 saturated heterocycles. The van der Waals surface area contributed by atoms with E-state index in [1.807, 2.05) is 23.6 Å². The van der Waals surface area contributed by atoms with E-state index in [4.69, 9.17) is 16.3 Å². The molecule has 158 valence electrons. The van der Waals surface area contributed by atoms with Crippen molar-refractivity contribution < 1.29 is 17.9 Å². The fourth-order valence-corrected chi connectivity index (χ4v) is 7.08. The van der Waals surface area contributed by atoms with Gasteiger partial charge in [0.2, 0.25) is 0 Å². The Morgan fingerprint density at radius 1 is 1.23 bits per heavy atom. The Bertz CT molecular complexity index is 1130. The van der Waals surface area contributed by atoms with Crippen LogP contribution in [0.25, 0.3) is 10.6 Å². The molecule has 1 unspecified atom stereocenters. The van der Waals surface area contributed by atoms with Crippen LogP contribution in [-0.4, -0.2) is 36.8 Å². The lowest BCUT2D eigenvalue weighted by molar-refractivity contribution is -0.151. The van der Waals surface area contributed by atoms with Gasteiger partial charge in [0.1, 0.15) is 15.8 Å². The summed E-state index contributed by atoms with van der Waals surface area (Å²) in [7, 11) is -3.56. The van der Waals surface area contributed by atoms with E-state index in [0.29, 0.717) is 34.3 Å². The Morgan fingerprint density at radius 3 is 2.83 bits per heavy atom. The zero-order valence-corrected chi connectivity index (χ0v) is 19.1. The maximum absolute atomic E-state index is 12.7. The number of sulfonamides is 1. The van der Waals surface area contributed by atoms with E-state index in [0.717, 1.165) is 10.6 Å². The van der Waals surface area contributed by atoms with Crippen molar-refractivity contribution in [3.63, 3.8) is 0 Å². The van der Waals surface area contributed by atoms with Gasteiger partial charge in [-0.1, -0.05) is 35.9 Å². The normalized spacial score (nSPS) is 17.7. The number of thiophene rings is 1. The van der Waals surface area contributed by atoms with Gasteiger partial charge in [-0.3, -0.25) is 4.79 Å². The first kappa shape index (κ1) is 21.5. The number of hydrogen-bond acceptors (Lipinski definition) is 7. The molecule has 0 saturated carbocycles. The number of ether oxygens (including phenoxy) is 1. The summed E-state index contributed by atoms with van der Waals surface area (Å²) in [5.74, 6) is -0.872. The van der Waals surface area contributed by atoms with E-state index in [-0.39, 0.29) is 13.2 Å². The Morgan fingerprint density at radius 2 is 2.07 bits per heavy atom. The number of nitrogens with zero attached hydrogens (tertiary/aromatic N) is 2. The first-order valence-electron chi connectivity index (χ1n) is 9.35. The Hall–Kier alpha value is -1.78. The van der Waals surface area contributed by atoms with E-state index in [9.17, 15) is 13.2 Å². The average Bonchev–Trinajstić information content (AvgIpc) is 3.45. The molecule has 3 heterocycles.